The summed E-state index contributed by atoms with van der Waals surface area (Å²) in [5, 5.41) is 10.1. The summed E-state index contributed by atoms with van der Waals surface area (Å²) in [4.78, 5) is 2.58. The third-order valence-electron chi connectivity index (χ3n) is 4.54. The molecule has 2 heteroatoms. The molecule has 2 nitrogen and oxygen atoms in total. The Morgan fingerprint density at radius 2 is 1.73 bits per heavy atom. The Balaban J connectivity index is 2.01. The lowest BCUT2D eigenvalue weighted by atomic mass is 9.85. The lowest BCUT2D eigenvalue weighted by Crippen LogP contribution is -2.53. The van der Waals surface area contributed by atoms with Gasteiger partial charge in [-0.1, -0.05) is 19.8 Å². The average molecular weight is 211 g/mol. The lowest BCUT2D eigenvalue weighted by Gasteiger charge is -2.46. The number of hydrogen-bond acceptors (Lipinski definition) is 2. The maximum absolute atomic E-state index is 10.1. The summed E-state index contributed by atoms with van der Waals surface area (Å²) in [5.74, 6) is 0.799. The van der Waals surface area contributed by atoms with Gasteiger partial charge in [0.25, 0.3) is 0 Å². The first-order valence-corrected chi connectivity index (χ1v) is 6.64. The minimum absolute atomic E-state index is 0.0634. The van der Waals surface area contributed by atoms with Crippen molar-refractivity contribution in [3.63, 3.8) is 0 Å². The van der Waals surface area contributed by atoms with Gasteiger partial charge >= 0.3 is 0 Å². The van der Waals surface area contributed by atoms with E-state index in [1.54, 1.807) is 0 Å². The lowest BCUT2D eigenvalue weighted by molar-refractivity contribution is -0.0245. The Kier molecular flexibility index (Phi) is 3.68. The van der Waals surface area contributed by atoms with Gasteiger partial charge in [-0.3, -0.25) is 4.90 Å². The van der Waals surface area contributed by atoms with Gasteiger partial charge in [-0.25, -0.2) is 0 Å². The highest BCUT2D eigenvalue weighted by Gasteiger charge is 2.34. The fourth-order valence-electron chi connectivity index (χ4n) is 3.31. The molecule has 0 amide bonds. The van der Waals surface area contributed by atoms with E-state index < -0.39 is 0 Å². The van der Waals surface area contributed by atoms with Crippen LogP contribution in [0.15, 0.2) is 0 Å². The van der Waals surface area contributed by atoms with Gasteiger partial charge in [0.15, 0.2) is 0 Å². The number of rotatable bonds is 1. The van der Waals surface area contributed by atoms with Crippen LogP contribution in [0.2, 0.25) is 0 Å². The molecule has 2 aliphatic rings. The highest BCUT2D eigenvalue weighted by Crippen LogP contribution is 2.31. The second-order valence-electron chi connectivity index (χ2n) is 5.52. The third-order valence-corrected chi connectivity index (χ3v) is 4.54. The Labute approximate surface area is 93.7 Å². The van der Waals surface area contributed by atoms with Crippen LogP contribution in [-0.4, -0.2) is 34.7 Å². The van der Waals surface area contributed by atoms with Crippen LogP contribution in [-0.2, 0) is 0 Å². The highest BCUT2D eigenvalue weighted by atomic mass is 16.3. The molecule has 2 rings (SSSR count). The number of aliphatic hydroxyl groups is 1. The van der Waals surface area contributed by atoms with Crippen LogP contribution in [0.5, 0.6) is 0 Å². The molecule has 0 aromatic heterocycles. The van der Waals surface area contributed by atoms with E-state index in [-0.39, 0.29) is 6.10 Å². The molecule has 88 valence electrons. The van der Waals surface area contributed by atoms with Crippen molar-refractivity contribution in [1.82, 2.24) is 4.90 Å². The molecule has 0 aromatic carbocycles. The van der Waals surface area contributed by atoms with Crippen molar-refractivity contribution < 1.29 is 5.11 Å². The number of aliphatic hydroxyl groups excluding tert-OH is 1. The zero-order chi connectivity index (χ0) is 10.8. The van der Waals surface area contributed by atoms with Crippen LogP contribution in [0.25, 0.3) is 0 Å². The monoisotopic (exact) mass is 211 g/mol. The van der Waals surface area contributed by atoms with Crippen molar-refractivity contribution >= 4 is 0 Å². The topological polar surface area (TPSA) is 23.5 Å². The van der Waals surface area contributed by atoms with Crippen LogP contribution in [0.3, 0.4) is 0 Å². The maximum atomic E-state index is 10.1. The highest BCUT2D eigenvalue weighted by molar-refractivity contribution is 4.89. The maximum Gasteiger partial charge on any atom is 0.0695 e. The number of hydrogen-bond donors (Lipinski definition) is 1. The SMILES string of the molecule is CC1CCCN([C@@H]2CCCC[C@H]2O)C1C. The Morgan fingerprint density at radius 1 is 1.00 bits per heavy atom. The normalized spacial score (nSPS) is 44.2. The fourth-order valence-corrected chi connectivity index (χ4v) is 3.31. The molecular weight excluding hydrogens is 186 g/mol. The predicted octanol–water partition coefficient (Wildman–Crippen LogP) is 2.41. The third kappa shape index (κ3) is 2.36. The van der Waals surface area contributed by atoms with E-state index in [4.69, 9.17) is 0 Å². The molecular formula is C13H25NO. The number of piperidine rings is 1. The molecule has 0 radical (unpaired) electrons. The smallest absolute Gasteiger partial charge is 0.0695 e. The molecule has 0 spiro atoms. The fraction of sp³-hybridized carbons (Fsp3) is 1.00. The van der Waals surface area contributed by atoms with Gasteiger partial charge in [-0.2, -0.15) is 0 Å². The molecule has 1 aliphatic carbocycles. The van der Waals surface area contributed by atoms with E-state index in [0.717, 1.165) is 12.3 Å². The minimum Gasteiger partial charge on any atom is -0.391 e. The second kappa shape index (κ2) is 4.84. The Morgan fingerprint density at radius 3 is 2.47 bits per heavy atom. The first-order chi connectivity index (χ1) is 7.20. The van der Waals surface area contributed by atoms with Crippen LogP contribution in [0, 0.1) is 5.92 Å². The van der Waals surface area contributed by atoms with Gasteiger partial charge in [0.2, 0.25) is 0 Å². The molecule has 1 aliphatic heterocycles. The zero-order valence-corrected chi connectivity index (χ0v) is 10.2. The summed E-state index contributed by atoms with van der Waals surface area (Å²) in [6.45, 7) is 5.89. The summed E-state index contributed by atoms with van der Waals surface area (Å²) in [6, 6.07) is 1.12. The van der Waals surface area contributed by atoms with Crippen molar-refractivity contribution in [2.45, 2.75) is 70.6 Å². The summed E-state index contributed by atoms with van der Waals surface area (Å²) < 4.78 is 0. The Hall–Kier alpha value is -0.0800. The van der Waals surface area contributed by atoms with E-state index in [2.05, 4.69) is 18.7 Å². The van der Waals surface area contributed by atoms with Crippen molar-refractivity contribution in [3.8, 4) is 0 Å². The van der Waals surface area contributed by atoms with Crippen LogP contribution in [0.4, 0.5) is 0 Å². The molecule has 0 aromatic rings. The van der Waals surface area contributed by atoms with Crippen molar-refractivity contribution in [2.75, 3.05) is 6.54 Å². The predicted molar refractivity (Wildman–Crippen MR) is 62.8 cm³/mol. The van der Waals surface area contributed by atoms with Crippen LogP contribution >= 0.6 is 0 Å². The molecule has 15 heavy (non-hydrogen) atoms. The molecule has 2 unspecified atom stereocenters. The van der Waals surface area contributed by atoms with E-state index in [1.807, 2.05) is 0 Å². The summed E-state index contributed by atoms with van der Waals surface area (Å²) in [7, 11) is 0. The van der Waals surface area contributed by atoms with E-state index in [1.165, 1.54) is 38.6 Å². The summed E-state index contributed by atoms with van der Waals surface area (Å²) >= 11 is 0. The standard InChI is InChI=1S/C13H25NO/c1-10-6-5-9-14(11(10)2)12-7-3-4-8-13(12)15/h10-13,15H,3-9H2,1-2H3/t10?,11?,12-,13-/m1/s1. The molecule has 4 atom stereocenters. The zero-order valence-electron chi connectivity index (χ0n) is 10.2. The molecule has 1 N–H and O–H groups in total. The van der Waals surface area contributed by atoms with Crippen molar-refractivity contribution in [2.24, 2.45) is 5.92 Å². The van der Waals surface area contributed by atoms with Gasteiger partial charge in [-0.05, 0) is 45.1 Å². The van der Waals surface area contributed by atoms with E-state index in [9.17, 15) is 5.11 Å². The first kappa shape index (κ1) is 11.4. The number of likely N-dealkylation sites (tertiary alicyclic amines) is 1. The molecule has 0 bridgehead atoms. The van der Waals surface area contributed by atoms with Gasteiger partial charge in [0.05, 0.1) is 6.10 Å². The van der Waals surface area contributed by atoms with E-state index in [0.29, 0.717) is 12.1 Å². The first-order valence-electron chi connectivity index (χ1n) is 6.64. The molecule has 2 fully saturated rings. The van der Waals surface area contributed by atoms with Crippen molar-refractivity contribution in [3.05, 3.63) is 0 Å². The van der Waals surface area contributed by atoms with E-state index >= 15 is 0 Å². The van der Waals surface area contributed by atoms with Crippen LogP contribution in [0.1, 0.15) is 52.4 Å². The molecule has 1 saturated heterocycles. The van der Waals surface area contributed by atoms with Crippen LogP contribution < -0.4 is 0 Å². The summed E-state index contributed by atoms with van der Waals surface area (Å²) in [6.07, 6.45) is 7.36. The summed E-state index contributed by atoms with van der Waals surface area (Å²) in [5.41, 5.74) is 0. The number of nitrogens with zero attached hydrogens (tertiary/aromatic N) is 1. The van der Waals surface area contributed by atoms with Gasteiger partial charge in [0.1, 0.15) is 0 Å². The van der Waals surface area contributed by atoms with Crippen molar-refractivity contribution in [1.29, 1.82) is 0 Å². The average Bonchev–Trinajstić information content (AvgIpc) is 2.23. The largest absolute Gasteiger partial charge is 0.391 e. The minimum atomic E-state index is -0.0634. The van der Waals surface area contributed by atoms with Gasteiger partial charge < -0.3 is 5.11 Å². The second-order valence-corrected chi connectivity index (χ2v) is 5.52. The Bertz CT molecular complexity index is 207. The molecule has 1 saturated carbocycles. The van der Waals surface area contributed by atoms with Gasteiger partial charge in [-0.15, -0.1) is 0 Å². The quantitative estimate of drug-likeness (QED) is 0.720. The van der Waals surface area contributed by atoms with Gasteiger partial charge in [0, 0.05) is 12.1 Å². The molecule has 1 heterocycles.